The number of anilines is 1. The van der Waals surface area contributed by atoms with Crippen LogP contribution in [-0.2, 0) is 21.4 Å². The predicted octanol–water partition coefficient (Wildman–Crippen LogP) is 2.78. The first-order valence-electron chi connectivity index (χ1n) is 7.89. The van der Waals surface area contributed by atoms with E-state index in [0.717, 1.165) is 30.0 Å². The van der Waals surface area contributed by atoms with Crippen molar-refractivity contribution in [3.63, 3.8) is 0 Å². The molecule has 8 heteroatoms. The van der Waals surface area contributed by atoms with Gasteiger partial charge in [-0.1, -0.05) is 36.4 Å². The summed E-state index contributed by atoms with van der Waals surface area (Å²) in [5, 5.41) is 0. The molecule has 0 N–H and O–H groups in total. The van der Waals surface area contributed by atoms with Gasteiger partial charge in [0.1, 0.15) is 5.69 Å². The summed E-state index contributed by atoms with van der Waals surface area (Å²) in [6.45, 7) is 0.00125. The van der Waals surface area contributed by atoms with Crippen molar-refractivity contribution < 1.29 is 22.0 Å². The molecular formula is C18H20F2N2O3S. The van der Waals surface area contributed by atoms with Gasteiger partial charge in [0, 0.05) is 26.6 Å². The number of halogens is 2. The molecule has 2 aromatic rings. The number of rotatable bonds is 7. The summed E-state index contributed by atoms with van der Waals surface area (Å²) in [6.07, 6.45) is 0.640. The maximum Gasteiger partial charge on any atom is 0.232 e. The second-order valence-electron chi connectivity index (χ2n) is 5.89. The summed E-state index contributed by atoms with van der Waals surface area (Å²) < 4.78 is 52.5. The van der Waals surface area contributed by atoms with E-state index in [4.69, 9.17) is 0 Å². The summed E-state index contributed by atoms with van der Waals surface area (Å²) in [5.41, 5.74) is 0.247. The monoisotopic (exact) mass is 382 g/mol. The molecule has 0 unspecified atom stereocenters. The second kappa shape index (κ2) is 8.27. The lowest BCUT2D eigenvalue weighted by atomic mass is 10.2. The quantitative estimate of drug-likeness (QED) is 0.740. The summed E-state index contributed by atoms with van der Waals surface area (Å²) in [6, 6.07) is 12.4. The number of carbonyl (C=O) groups excluding carboxylic acids is 1. The van der Waals surface area contributed by atoms with E-state index in [1.807, 2.05) is 30.3 Å². The zero-order valence-corrected chi connectivity index (χ0v) is 15.3. The van der Waals surface area contributed by atoms with Crippen molar-refractivity contribution >= 4 is 21.6 Å². The first-order chi connectivity index (χ1) is 12.2. The van der Waals surface area contributed by atoms with Gasteiger partial charge in [0.25, 0.3) is 0 Å². The van der Waals surface area contributed by atoms with E-state index in [9.17, 15) is 22.0 Å². The van der Waals surface area contributed by atoms with Crippen molar-refractivity contribution in [1.29, 1.82) is 0 Å². The highest BCUT2D eigenvalue weighted by molar-refractivity contribution is 7.92. The molecular weight excluding hydrogens is 362 g/mol. The average Bonchev–Trinajstić information content (AvgIpc) is 2.57. The minimum Gasteiger partial charge on any atom is -0.341 e. The molecule has 0 aromatic heterocycles. The Morgan fingerprint density at radius 2 is 1.58 bits per heavy atom. The molecule has 5 nitrogen and oxygen atoms in total. The number of benzene rings is 2. The third-order valence-electron chi connectivity index (χ3n) is 3.80. The van der Waals surface area contributed by atoms with E-state index in [1.54, 1.807) is 7.05 Å². The molecule has 0 heterocycles. The largest absolute Gasteiger partial charge is 0.341 e. The lowest BCUT2D eigenvalue weighted by Gasteiger charge is -2.24. The fraction of sp³-hybridized carbons (Fsp3) is 0.278. The second-order valence-corrected chi connectivity index (χ2v) is 7.80. The number of amides is 1. The Bertz CT molecular complexity index is 853. The predicted molar refractivity (Wildman–Crippen MR) is 96.1 cm³/mol. The topological polar surface area (TPSA) is 57.7 Å². The lowest BCUT2D eigenvalue weighted by Crippen LogP contribution is -2.36. The van der Waals surface area contributed by atoms with E-state index in [1.165, 1.54) is 4.90 Å². The zero-order chi connectivity index (χ0) is 19.3. The van der Waals surface area contributed by atoms with Gasteiger partial charge in [-0.15, -0.1) is 0 Å². The highest BCUT2D eigenvalue weighted by Gasteiger charge is 2.25. The Hall–Kier alpha value is -2.48. The number of carbonyl (C=O) groups is 1. The number of hydrogen-bond acceptors (Lipinski definition) is 3. The normalized spacial score (nSPS) is 11.2. The van der Waals surface area contributed by atoms with Gasteiger partial charge in [0.05, 0.1) is 6.26 Å². The van der Waals surface area contributed by atoms with Crippen LogP contribution in [0.5, 0.6) is 0 Å². The Morgan fingerprint density at radius 3 is 2.12 bits per heavy atom. The zero-order valence-electron chi connectivity index (χ0n) is 14.5. The van der Waals surface area contributed by atoms with E-state index >= 15 is 0 Å². The Morgan fingerprint density at radius 1 is 1.00 bits per heavy atom. The SMILES string of the molecule is CN(Cc1ccccc1)C(=O)CCN(c1c(F)cccc1F)S(C)(=O)=O. The molecule has 26 heavy (non-hydrogen) atoms. The molecule has 0 bridgehead atoms. The molecule has 0 spiro atoms. The molecule has 0 atom stereocenters. The third kappa shape index (κ3) is 5.01. The first kappa shape index (κ1) is 19.8. The first-order valence-corrected chi connectivity index (χ1v) is 9.74. The van der Waals surface area contributed by atoms with Crippen molar-refractivity contribution in [2.45, 2.75) is 13.0 Å². The van der Waals surface area contributed by atoms with Crippen molar-refractivity contribution in [1.82, 2.24) is 4.90 Å². The Labute approximate surface area is 151 Å². The summed E-state index contributed by atoms with van der Waals surface area (Å²) in [5.74, 6) is -2.33. The fourth-order valence-electron chi connectivity index (χ4n) is 2.50. The van der Waals surface area contributed by atoms with Crippen LogP contribution in [0.1, 0.15) is 12.0 Å². The Kier molecular flexibility index (Phi) is 6.31. The molecule has 1 amide bonds. The molecule has 140 valence electrons. The van der Waals surface area contributed by atoms with Crippen LogP contribution in [0.3, 0.4) is 0 Å². The van der Waals surface area contributed by atoms with E-state index in [0.29, 0.717) is 10.8 Å². The van der Waals surface area contributed by atoms with E-state index in [2.05, 4.69) is 0 Å². The van der Waals surface area contributed by atoms with E-state index in [-0.39, 0.29) is 18.9 Å². The number of nitrogens with zero attached hydrogens (tertiary/aromatic N) is 2. The van der Waals surface area contributed by atoms with E-state index < -0.39 is 27.3 Å². The average molecular weight is 382 g/mol. The van der Waals surface area contributed by atoms with Crippen LogP contribution in [-0.4, -0.2) is 39.1 Å². The van der Waals surface area contributed by atoms with Crippen LogP contribution < -0.4 is 4.31 Å². The molecule has 0 saturated carbocycles. The fourth-order valence-corrected chi connectivity index (χ4v) is 3.43. The Balaban J connectivity index is 2.12. The van der Waals surface area contributed by atoms with Crippen molar-refractivity contribution in [2.24, 2.45) is 0 Å². The molecule has 0 aliphatic carbocycles. The number of hydrogen-bond donors (Lipinski definition) is 0. The minimum atomic E-state index is -3.96. The summed E-state index contributed by atoms with van der Waals surface area (Å²) >= 11 is 0. The van der Waals surface area contributed by atoms with Gasteiger partial charge < -0.3 is 4.90 Å². The van der Waals surface area contributed by atoms with Gasteiger partial charge in [-0.3, -0.25) is 9.10 Å². The lowest BCUT2D eigenvalue weighted by molar-refractivity contribution is -0.130. The molecule has 0 aliphatic heterocycles. The molecule has 0 aliphatic rings. The van der Waals surface area contributed by atoms with Gasteiger partial charge in [-0.25, -0.2) is 17.2 Å². The standard InChI is InChI=1S/C18H20F2N2O3S/c1-21(13-14-7-4-3-5-8-14)17(23)11-12-22(26(2,24)25)18-15(19)9-6-10-16(18)20/h3-10H,11-13H2,1-2H3. The van der Waals surface area contributed by atoms with Gasteiger partial charge >= 0.3 is 0 Å². The molecule has 0 saturated heterocycles. The van der Waals surface area contributed by atoms with Crippen LogP contribution >= 0.6 is 0 Å². The molecule has 0 radical (unpaired) electrons. The van der Waals surface area contributed by atoms with Crippen LogP contribution in [0.25, 0.3) is 0 Å². The van der Waals surface area contributed by atoms with Crippen molar-refractivity contribution in [3.05, 3.63) is 65.7 Å². The highest BCUT2D eigenvalue weighted by Crippen LogP contribution is 2.25. The maximum absolute atomic E-state index is 14.0. The van der Waals surface area contributed by atoms with Crippen molar-refractivity contribution in [2.75, 3.05) is 24.2 Å². The third-order valence-corrected chi connectivity index (χ3v) is 4.97. The molecule has 2 rings (SSSR count). The van der Waals surface area contributed by atoms with Crippen LogP contribution in [0.15, 0.2) is 48.5 Å². The van der Waals surface area contributed by atoms with Gasteiger partial charge in [0.2, 0.25) is 15.9 Å². The molecule has 2 aromatic carbocycles. The number of para-hydroxylation sites is 1. The minimum absolute atomic E-state index is 0.204. The summed E-state index contributed by atoms with van der Waals surface area (Å²) in [7, 11) is -2.37. The summed E-state index contributed by atoms with van der Waals surface area (Å²) in [4.78, 5) is 13.7. The van der Waals surface area contributed by atoms with Crippen molar-refractivity contribution in [3.8, 4) is 0 Å². The highest BCUT2D eigenvalue weighted by atomic mass is 32.2. The van der Waals surface area contributed by atoms with Gasteiger partial charge in [0.15, 0.2) is 11.6 Å². The molecule has 0 fully saturated rings. The maximum atomic E-state index is 14.0. The number of sulfonamides is 1. The van der Waals surface area contributed by atoms with Gasteiger partial charge in [-0.05, 0) is 17.7 Å². The smallest absolute Gasteiger partial charge is 0.232 e. The van der Waals surface area contributed by atoms with Crippen LogP contribution in [0.4, 0.5) is 14.5 Å². The van der Waals surface area contributed by atoms with Gasteiger partial charge in [-0.2, -0.15) is 0 Å². The van der Waals surface area contributed by atoms with Crippen LogP contribution in [0.2, 0.25) is 0 Å². The van der Waals surface area contributed by atoms with Crippen LogP contribution in [0, 0.1) is 11.6 Å².